The third kappa shape index (κ3) is 1.48. The van der Waals surface area contributed by atoms with Crippen LogP contribution in [0.2, 0.25) is 0 Å². The molecule has 0 spiro atoms. The smallest absolute Gasteiger partial charge is 0.138 e. The average molecular weight is 208 g/mol. The summed E-state index contributed by atoms with van der Waals surface area (Å²) in [6, 6.07) is 16.6. The van der Waals surface area contributed by atoms with Crippen LogP contribution in [0.3, 0.4) is 0 Å². The van der Waals surface area contributed by atoms with Gasteiger partial charge in [0.15, 0.2) is 0 Å². The Morgan fingerprint density at radius 1 is 1.00 bits per heavy atom. The lowest BCUT2D eigenvalue weighted by atomic mass is 10.1. The summed E-state index contributed by atoms with van der Waals surface area (Å²) in [4.78, 5) is 7.81. The zero-order chi connectivity index (χ0) is 11.0. The maximum atomic E-state index is 4.47. The monoisotopic (exact) mass is 208 g/mol. The number of aromatic nitrogens is 2. The molecule has 1 aromatic carbocycles. The molecule has 0 fully saturated rings. The van der Waals surface area contributed by atoms with E-state index in [4.69, 9.17) is 0 Å². The molecule has 2 nitrogen and oxygen atoms in total. The fourth-order valence-electron chi connectivity index (χ4n) is 1.88. The summed E-state index contributed by atoms with van der Waals surface area (Å²) in [5.74, 6) is 0. The van der Waals surface area contributed by atoms with Crippen molar-refractivity contribution in [1.82, 2.24) is 9.97 Å². The predicted octanol–water partition coefficient (Wildman–Crippen LogP) is 3.54. The third-order valence-electron chi connectivity index (χ3n) is 2.70. The number of aromatic amines is 1. The maximum absolute atomic E-state index is 4.47. The molecule has 78 valence electrons. The summed E-state index contributed by atoms with van der Waals surface area (Å²) in [5, 5.41) is 1.16. The fraction of sp³-hybridized carbons (Fsp3) is 0.0714. The number of hydrogen-bond donors (Lipinski definition) is 1. The van der Waals surface area contributed by atoms with Gasteiger partial charge in [-0.15, -0.1) is 0 Å². The molecule has 2 aromatic heterocycles. The molecular weight excluding hydrogens is 196 g/mol. The molecule has 2 heterocycles. The Morgan fingerprint density at radius 3 is 2.62 bits per heavy atom. The summed E-state index contributed by atoms with van der Waals surface area (Å²) in [5.41, 5.74) is 4.31. The number of benzene rings is 1. The lowest BCUT2D eigenvalue weighted by Gasteiger charge is -1.94. The molecule has 3 aromatic rings. The van der Waals surface area contributed by atoms with Gasteiger partial charge in [-0.2, -0.15) is 0 Å². The highest BCUT2D eigenvalue weighted by Crippen LogP contribution is 2.22. The van der Waals surface area contributed by atoms with Crippen molar-refractivity contribution in [1.29, 1.82) is 0 Å². The Bertz CT molecular complexity index is 624. The Hall–Kier alpha value is -2.09. The van der Waals surface area contributed by atoms with E-state index in [-0.39, 0.29) is 0 Å². The van der Waals surface area contributed by atoms with Crippen molar-refractivity contribution in [2.45, 2.75) is 6.92 Å². The molecule has 0 amide bonds. The molecule has 0 saturated carbocycles. The first-order chi connectivity index (χ1) is 7.83. The summed E-state index contributed by atoms with van der Waals surface area (Å²) >= 11 is 0. The summed E-state index contributed by atoms with van der Waals surface area (Å²) in [6.45, 7) is 2.00. The number of pyridine rings is 1. The molecule has 0 bridgehead atoms. The molecule has 2 heteroatoms. The molecular formula is C14H12N2. The number of H-pyrrole nitrogens is 1. The molecule has 0 aliphatic rings. The van der Waals surface area contributed by atoms with Gasteiger partial charge in [0.25, 0.3) is 0 Å². The second-order valence-electron chi connectivity index (χ2n) is 3.94. The topological polar surface area (TPSA) is 28.7 Å². The standard InChI is InChI=1S/C14H12N2/c1-10-7-8-12-9-13(16-14(12)15-10)11-5-3-2-4-6-11/h2-9H,1H3,(H,15,16). The van der Waals surface area contributed by atoms with E-state index >= 15 is 0 Å². The highest BCUT2D eigenvalue weighted by molar-refractivity contribution is 5.83. The van der Waals surface area contributed by atoms with Crippen LogP contribution in [0.15, 0.2) is 48.5 Å². The number of hydrogen-bond acceptors (Lipinski definition) is 1. The molecule has 0 saturated heterocycles. The van der Waals surface area contributed by atoms with E-state index in [1.807, 2.05) is 31.2 Å². The first-order valence-electron chi connectivity index (χ1n) is 5.35. The van der Waals surface area contributed by atoms with Crippen LogP contribution >= 0.6 is 0 Å². The number of aryl methyl sites for hydroxylation is 1. The normalized spacial score (nSPS) is 10.8. The first kappa shape index (κ1) is 9.16. The summed E-state index contributed by atoms with van der Waals surface area (Å²) < 4.78 is 0. The molecule has 1 N–H and O–H groups in total. The average Bonchev–Trinajstić information content (AvgIpc) is 2.73. The van der Waals surface area contributed by atoms with Crippen LogP contribution in [-0.2, 0) is 0 Å². The second-order valence-corrected chi connectivity index (χ2v) is 3.94. The van der Waals surface area contributed by atoms with Gasteiger partial charge < -0.3 is 4.98 Å². The molecule has 3 rings (SSSR count). The lowest BCUT2D eigenvalue weighted by Crippen LogP contribution is -1.80. The van der Waals surface area contributed by atoms with Crippen LogP contribution in [0.1, 0.15) is 5.69 Å². The number of fused-ring (bicyclic) bond motifs is 1. The minimum Gasteiger partial charge on any atom is -0.339 e. The quantitative estimate of drug-likeness (QED) is 0.651. The van der Waals surface area contributed by atoms with E-state index in [1.54, 1.807) is 0 Å². The Balaban J connectivity index is 2.19. The Kier molecular flexibility index (Phi) is 2.00. The Labute approximate surface area is 94.0 Å². The van der Waals surface area contributed by atoms with Crippen molar-refractivity contribution in [2.75, 3.05) is 0 Å². The zero-order valence-corrected chi connectivity index (χ0v) is 9.07. The Morgan fingerprint density at radius 2 is 1.81 bits per heavy atom. The van der Waals surface area contributed by atoms with Gasteiger partial charge in [0.05, 0.1) is 0 Å². The molecule has 0 unspecified atom stereocenters. The van der Waals surface area contributed by atoms with E-state index < -0.39 is 0 Å². The molecule has 0 atom stereocenters. The van der Waals surface area contributed by atoms with Crippen LogP contribution in [0.5, 0.6) is 0 Å². The van der Waals surface area contributed by atoms with Crippen LogP contribution in [0.25, 0.3) is 22.3 Å². The van der Waals surface area contributed by atoms with Crippen LogP contribution in [-0.4, -0.2) is 9.97 Å². The van der Waals surface area contributed by atoms with E-state index in [0.29, 0.717) is 0 Å². The van der Waals surface area contributed by atoms with Crippen molar-refractivity contribution < 1.29 is 0 Å². The van der Waals surface area contributed by atoms with Gasteiger partial charge in [-0.25, -0.2) is 4.98 Å². The predicted molar refractivity (Wildman–Crippen MR) is 66.3 cm³/mol. The maximum Gasteiger partial charge on any atom is 0.138 e. The van der Waals surface area contributed by atoms with Crippen molar-refractivity contribution >= 4 is 11.0 Å². The van der Waals surface area contributed by atoms with Gasteiger partial charge in [0.2, 0.25) is 0 Å². The van der Waals surface area contributed by atoms with Crippen LogP contribution in [0, 0.1) is 6.92 Å². The van der Waals surface area contributed by atoms with Crippen molar-refractivity contribution in [3.8, 4) is 11.3 Å². The number of nitrogens with one attached hydrogen (secondary N) is 1. The van der Waals surface area contributed by atoms with Crippen LogP contribution < -0.4 is 0 Å². The van der Waals surface area contributed by atoms with Crippen molar-refractivity contribution in [2.24, 2.45) is 0 Å². The van der Waals surface area contributed by atoms with E-state index in [9.17, 15) is 0 Å². The summed E-state index contributed by atoms with van der Waals surface area (Å²) in [7, 11) is 0. The SMILES string of the molecule is Cc1ccc2cc(-c3ccccc3)[nH]c2n1. The molecule has 0 aliphatic carbocycles. The van der Waals surface area contributed by atoms with E-state index in [2.05, 4.69) is 34.2 Å². The summed E-state index contributed by atoms with van der Waals surface area (Å²) in [6.07, 6.45) is 0. The van der Waals surface area contributed by atoms with Crippen molar-refractivity contribution in [3.05, 3.63) is 54.2 Å². The molecule has 16 heavy (non-hydrogen) atoms. The van der Waals surface area contributed by atoms with Crippen molar-refractivity contribution in [3.63, 3.8) is 0 Å². The fourth-order valence-corrected chi connectivity index (χ4v) is 1.88. The molecule has 0 aliphatic heterocycles. The van der Waals surface area contributed by atoms with Gasteiger partial charge >= 0.3 is 0 Å². The van der Waals surface area contributed by atoms with Gasteiger partial charge in [-0.1, -0.05) is 30.3 Å². The lowest BCUT2D eigenvalue weighted by molar-refractivity contribution is 1.22. The third-order valence-corrected chi connectivity index (χ3v) is 2.70. The van der Waals surface area contributed by atoms with E-state index in [0.717, 1.165) is 22.4 Å². The largest absolute Gasteiger partial charge is 0.339 e. The highest BCUT2D eigenvalue weighted by Gasteiger charge is 2.03. The van der Waals surface area contributed by atoms with Gasteiger partial charge in [-0.05, 0) is 30.7 Å². The minimum atomic E-state index is 0.957. The number of nitrogens with zero attached hydrogens (tertiary/aromatic N) is 1. The van der Waals surface area contributed by atoms with Crippen LogP contribution in [0.4, 0.5) is 0 Å². The van der Waals surface area contributed by atoms with Gasteiger partial charge in [0, 0.05) is 16.8 Å². The minimum absolute atomic E-state index is 0.957. The van der Waals surface area contributed by atoms with Gasteiger partial charge in [-0.3, -0.25) is 0 Å². The number of rotatable bonds is 1. The zero-order valence-electron chi connectivity index (χ0n) is 9.07. The van der Waals surface area contributed by atoms with E-state index in [1.165, 1.54) is 5.56 Å². The highest BCUT2D eigenvalue weighted by atomic mass is 14.9. The van der Waals surface area contributed by atoms with Gasteiger partial charge in [0.1, 0.15) is 5.65 Å². The molecule has 0 radical (unpaired) electrons. The first-order valence-corrected chi connectivity index (χ1v) is 5.35. The second kappa shape index (κ2) is 3.49.